The predicted molar refractivity (Wildman–Crippen MR) is 196 cm³/mol. The molecule has 4 aromatic rings. The maximum Gasteiger partial charge on any atom is 0.244 e. The molecule has 1 aliphatic heterocycles. The number of Topliss-reactive ketones (excluding diaryl/α,β-unsaturated/α-hetero) is 1. The molecule has 9 nitrogen and oxygen atoms in total. The number of benzene rings is 2. The molecule has 4 aliphatic carbocycles. The van der Waals surface area contributed by atoms with E-state index in [1.165, 1.54) is 44.5 Å². The summed E-state index contributed by atoms with van der Waals surface area (Å²) >= 11 is 0. The van der Waals surface area contributed by atoms with Gasteiger partial charge in [-0.15, -0.1) is 0 Å². The van der Waals surface area contributed by atoms with Crippen molar-refractivity contribution in [1.82, 2.24) is 19.6 Å². The summed E-state index contributed by atoms with van der Waals surface area (Å²) in [6.45, 7) is 9.18. The molecule has 1 saturated heterocycles. The second kappa shape index (κ2) is 13.1. The highest BCUT2D eigenvalue weighted by Crippen LogP contribution is 2.56. The van der Waals surface area contributed by atoms with Gasteiger partial charge in [-0.3, -0.25) is 14.4 Å². The van der Waals surface area contributed by atoms with Gasteiger partial charge >= 0.3 is 0 Å². The number of carbonyl (C=O) groups excluding carboxylic acids is 3. The fourth-order valence-corrected chi connectivity index (χ4v) is 11.1. The van der Waals surface area contributed by atoms with Gasteiger partial charge in [-0.25, -0.2) is 9.36 Å². The number of ether oxygens (including phenoxy) is 2. The highest BCUT2D eigenvalue weighted by molar-refractivity contribution is 5.92. The number of fused-ring (bicyclic) bond motifs is 8. The van der Waals surface area contributed by atoms with Crippen LogP contribution in [0.15, 0.2) is 36.7 Å². The number of hydrogen-bond acceptors (Lipinski definition) is 7. The number of aryl methyl sites for hydroxylation is 2. The lowest BCUT2D eigenvalue weighted by molar-refractivity contribution is -0.199. The van der Waals surface area contributed by atoms with E-state index in [-0.39, 0.29) is 28.4 Å². The smallest absolute Gasteiger partial charge is 0.244 e. The molecule has 0 bridgehead atoms. The van der Waals surface area contributed by atoms with Crippen molar-refractivity contribution in [2.75, 3.05) is 13.2 Å². The Labute approximate surface area is 300 Å². The van der Waals surface area contributed by atoms with Crippen LogP contribution in [0.2, 0.25) is 0 Å². The Kier molecular flexibility index (Phi) is 8.81. The minimum atomic E-state index is -0.336. The van der Waals surface area contributed by atoms with Gasteiger partial charge in [0.15, 0.2) is 5.79 Å². The first-order chi connectivity index (χ1) is 24.6. The van der Waals surface area contributed by atoms with Crippen LogP contribution < -0.4 is 0 Å². The van der Waals surface area contributed by atoms with Gasteiger partial charge in [0.2, 0.25) is 11.8 Å². The molecule has 5 aliphatic rings. The molecule has 0 unspecified atom stereocenters. The lowest BCUT2D eigenvalue weighted by Crippen LogP contribution is -2.48. The second-order valence-electron chi connectivity index (χ2n) is 16.0. The van der Waals surface area contributed by atoms with Crippen LogP contribution >= 0.6 is 0 Å². The summed E-state index contributed by atoms with van der Waals surface area (Å²) in [5.74, 6) is 1.05. The molecule has 9 rings (SSSR count). The van der Waals surface area contributed by atoms with Crippen LogP contribution in [0.1, 0.15) is 137 Å². The van der Waals surface area contributed by atoms with E-state index >= 15 is 0 Å². The van der Waals surface area contributed by atoms with E-state index in [0.29, 0.717) is 24.0 Å². The van der Waals surface area contributed by atoms with Gasteiger partial charge in [0, 0.05) is 50.3 Å². The average Bonchev–Trinajstić information content (AvgIpc) is 3.82. The quantitative estimate of drug-likeness (QED) is 0.208. The van der Waals surface area contributed by atoms with Gasteiger partial charge in [0.25, 0.3) is 0 Å². The van der Waals surface area contributed by atoms with Crippen molar-refractivity contribution < 1.29 is 23.9 Å². The standard InChI is InChI=1S/C22H28N2O3.C20H24N2O2/c1-3-21-7-8-22(26-9-10-27-22)13-18(21)6-4-5-16-12-20-17(11-19(16)21)14-23-24(20)15(2)25;1-3-20-8-7-17(24)11-16(20)6-4-5-14-10-19-15(9-18(14)20)12-21-22(19)13(2)23/h11-12,14,18H,3-10,13H2,1-2H3;9-10,12,16H,3-8,11H2,1-2H3/t18-,21+;16-,20+/m00/s1. The molecular formula is C42H52N4O5. The molecule has 2 aromatic heterocycles. The summed E-state index contributed by atoms with van der Waals surface area (Å²) < 4.78 is 15.2. The topological polar surface area (TPSA) is 105 Å². The summed E-state index contributed by atoms with van der Waals surface area (Å²) in [6, 6.07) is 8.99. The Hall–Kier alpha value is -3.69. The molecule has 2 saturated carbocycles. The normalized spacial score (nSPS) is 28.2. The van der Waals surface area contributed by atoms with E-state index in [2.05, 4.69) is 48.3 Å². The zero-order valence-corrected chi connectivity index (χ0v) is 30.8. The molecule has 4 atom stereocenters. The van der Waals surface area contributed by atoms with Crippen molar-refractivity contribution >= 4 is 39.4 Å². The van der Waals surface area contributed by atoms with Crippen LogP contribution in [-0.4, -0.2) is 56.2 Å². The number of nitrogens with zero attached hydrogens (tertiary/aromatic N) is 4. The molecule has 51 heavy (non-hydrogen) atoms. The van der Waals surface area contributed by atoms with Gasteiger partial charge in [-0.1, -0.05) is 13.8 Å². The van der Waals surface area contributed by atoms with Crippen molar-refractivity contribution in [2.45, 2.75) is 134 Å². The third-order valence-electron chi connectivity index (χ3n) is 13.7. The third-order valence-corrected chi connectivity index (χ3v) is 13.7. The maximum absolute atomic E-state index is 12.0. The van der Waals surface area contributed by atoms with Gasteiger partial charge in [-0.05, 0) is 133 Å². The summed E-state index contributed by atoms with van der Waals surface area (Å²) in [5, 5.41) is 10.7. The molecule has 0 radical (unpaired) electrons. The maximum atomic E-state index is 12.0. The molecule has 3 heterocycles. The lowest BCUT2D eigenvalue weighted by Gasteiger charge is -2.49. The van der Waals surface area contributed by atoms with E-state index in [4.69, 9.17) is 9.47 Å². The highest BCUT2D eigenvalue weighted by Gasteiger charge is 2.53. The summed E-state index contributed by atoms with van der Waals surface area (Å²) in [7, 11) is 0. The van der Waals surface area contributed by atoms with E-state index in [9.17, 15) is 14.4 Å². The zero-order valence-electron chi connectivity index (χ0n) is 30.8. The van der Waals surface area contributed by atoms with Crippen LogP contribution in [0, 0.1) is 11.8 Å². The Morgan fingerprint density at radius 3 is 1.80 bits per heavy atom. The molecule has 270 valence electrons. The highest BCUT2D eigenvalue weighted by atomic mass is 16.7. The molecular weight excluding hydrogens is 640 g/mol. The van der Waals surface area contributed by atoms with Crippen molar-refractivity contribution in [2.24, 2.45) is 11.8 Å². The number of rotatable bonds is 2. The number of hydrogen-bond donors (Lipinski definition) is 0. The molecule has 9 heteroatoms. The van der Waals surface area contributed by atoms with Crippen LogP contribution in [0.4, 0.5) is 0 Å². The van der Waals surface area contributed by atoms with E-state index in [1.807, 2.05) is 6.20 Å². The minimum Gasteiger partial charge on any atom is -0.348 e. The Morgan fingerprint density at radius 2 is 1.27 bits per heavy atom. The Morgan fingerprint density at radius 1 is 0.745 bits per heavy atom. The number of aromatic nitrogens is 4. The number of carbonyl (C=O) groups is 3. The van der Waals surface area contributed by atoms with E-state index in [0.717, 1.165) is 106 Å². The van der Waals surface area contributed by atoms with Crippen LogP contribution in [0.3, 0.4) is 0 Å². The van der Waals surface area contributed by atoms with Gasteiger partial charge < -0.3 is 9.47 Å². The van der Waals surface area contributed by atoms with Crippen LogP contribution in [0.5, 0.6) is 0 Å². The Balaban J connectivity index is 0.000000148. The fraction of sp³-hybridized carbons (Fsp3) is 0.595. The van der Waals surface area contributed by atoms with E-state index in [1.54, 1.807) is 20.0 Å². The first kappa shape index (κ1) is 34.4. The zero-order chi connectivity index (χ0) is 35.5. The summed E-state index contributed by atoms with van der Waals surface area (Å²) in [4.78, 5) is 35.8. The van der Waals surface area contributed by atoms with Gasteiger partial charge in [0.05, 0.1) is 36.6 Å². The minimum absolute atomic E-state index is 0.0307. The van der Waals surface area contributed by atoms with Gasteiger partial charge in [0.1, 0.15) is 5.78 Å². The second-order valence-corrected chi connectivity index (χ2v) is 16.0. The predicted octanol–water partition coefficient (Wildman–Crippen LogP) is 8.27. The molecule has 2 aromatic carbocycles. The first-order valence-corrected chi connectivity index (χ1v) is 19.5. The SMILES string of the molecule is CC[C@@]12CCC(=O)C[C@@H]1CCCc1cc3c(cnn3C(C)=O)cc12.CC[C@@]12CCC3(C[C@@H]1CCCc1cc4c(cnn4C(C)=O)cc12)OCCO3. The largest absolute Gasteiger partial charge is 0.348 e. The summed E-state index contributed by atoms with van der Waals surface area (Å²) in [5.41, 5.74) is 7.80. The molecule has 3 fully saturated rings. The molecule has 0 N–H and O–H groups in total. The van der Waals surface area contributed by atoms with Crippen LogP contribution in [-0.2, 0) is 37.9 Å². The fourth-order valence-electron chi connectivity index (χ4n) is 11.1. The third kappa shape index (κ3) is 5.61. The molecule has 1 spiro atoms. The first-order valence-electron chi connectivity index (χ1n) is 19.5. The van der Waals surface area contributed by atoms with Crippen LogP contribution in [0.25, 0.3) is 21.8 Å². The summed E-state index contributed by atoms with van der Waals surface area (Å²) in [6.07, 6.45) is 18.1. The average molecular weight is 693 g/mol. The van der Waals surface area contributed by atoms with Crippen molar-refractivity contribution in [3.05, 3.63) is 58.9 Å². The monoisotopic (exact) mass is 692 g/mol. The van der Waals surface area contributed by atoms with Crippen molar-refractivity contribution in [3.63, 3.8) is 0 Å². The van der Waals surface area contributed by atoms with Crippen molar-refractivity contribution in [3.8, 4) is 0 Å². The van der Waals surface area contributed by atoms with Crippen molar-refractivity contribution in [1.29, 1.82) is 0 Å². The molecule has 0 amide bonds. The number of ketones is 1. The van der Waals surface area contributed by atoms with Gasteiger partial charge in [-0.2, -0.15) is 10.2 Å². The van der Waals surface area contributed by atoms with E-state index < -0.39 is 0 Å². The lowest BCUT2D eigenvalue weighted by atomic mass is 9.59. The Bertz CT molecular complexity index is 2020.